The van der Waals surface area contributed by atoms with E-state index in [9.17, 15) is 18.4 Å². The lowest BCUT2D eigenvalue weighted by Crippen LogP contribution is -2.04. The first kappa shape index (κ1) is 12.3. The fourth-order valence-electron chi connectivity index (χ4n) is 1.27. The minimum atomic E-state index is -2.96. The molecule has 0 radical (unpaired) electrons. The van der Waals surface area contributed by atoms with E-state index in [0.29, 0.717) is 19.1 Å². The molecule has 3 nitrogen and oxygen atoms in total. The summed E-state index contributed by atoms with van der Waals surface area (Å²) in [7, 11) is 0. The van der Waals surface area contributed by atoms with Crippen LogP contribution in [-0.2, 0) is 11.2 Å². The number of hydrogen-bond donors (Lipinski definition) is 0. The Morgan fingerprint density at radius 3 is 2.62 bits per heavy atom. The number of rotatable bonds is 6. The van der Waals surface area contributed by atoms with Crippen molar-refractivity contribution in [3.8, 4) is 5.75 Å². The predicted octanol–water partition coefficient (Wildman–Crippen LogP) is 2.23. The lowest BCUT2D eigenvalue weighted by Gasteiger charge is -2.08. The Labute approximate surface area is 91.0 Å². The molecule has 1 rings (SSSR count). The Kier molecular flexibility index (Phi) is 4.57. The molecular formula is C11H10F2O3. The summed E-state index contributed by atoms with van der Waals surface area (Å²) in [5.74, 6) is -0.153. The Balaban J connectivity index is 2.87. The van der Waals surface area contributed by atoms with Crippen molar-refractivity contribution in [3.05, 3.63) is 29.3 Å². The monoisotopic (exact) mass is 228 g/mol. The van der Waals surface area contributed by atoms with E-state index < -0.39 is 6.61 Å². The van der Waals surface area contributed by atoms with Crippen molar-refractivity contribution in [2.75, 3.05) is 0 Å². The third-order valence-corrected chi connectivity index (χ3v) is 1.97. The second-order valence-corrected chi connectivity index (χ2v) is 3.07. The number of carbonyl (C=O) groups excluding carboxylic acids is 2. The van der Waals surface area contributed by atoms with E-state index in [1.165, 1.54) is 12.1 Å². The van der Waals surface area contributed by atoms with Crippen LogP contribution in [-0.4, -0.2) is 19.2 Å². The van der Waals surface area contributed by atoms with Crippen LogP contribution in [0, 0.1) is 0 Å². The van der Waals surface area contributed by atoms with E-state index in [2.05, 4.69) is 4.74 Å². The molecule has 0 aliphatic heterocycles. The molecule has 1 aromatic rings. The van der Waals surface area contributed by atoms with Crippen molar-refractivity contribution >= 4 is 12.6 Å². The van der Waals surface area contributed by atoms with Gasteiger partial charge in [0.05, 0.1) is 5.56 Å². The van der Waals surface area contributed by atoms with Gasteiger partial charge in [0.15, 0.2) is 6.29 Å². The van der Waals surface area contributed by atoms with Gasteiger partial charge in [-0.25, -0.2) is 0 Å². The first-order chi connectivity index (χ1) is 7.67. The second-order valence-electron chi connectivity index (χ2n) is 3.07. The van der Waals surface area contributed by atoms with Gasteiger partial charge in [0.25, 0.3) is 0 Å². The number of carbonyl (C=O) groups is 2. The maximum Gasteiger partial charge on any atom is 0.387 e. The molecule has 0 spiro atoms. The van der Waals surface area contributed by atoms with E-state index in [0.717, 1.165) is 11.8 Å². The van der Waals surface area contributed by atoms with Crippen LogP contribution < -0.4 is 4.74 Å². The molecule has 0 aromatic heterocycles. The van der Waals surface area contributed by atoms with Gasteiger partial charge in [0.1, 0.15) is 12.0 Å². The van der Waals surface area contributed by atoms with Crippen LogP contribution in [0.5, 0.6) is 5.75 Å². The molecular weight excluding hydrogens is 218 g/mol. The van der Waals surface area contributed by atoms with Crippen LogP contribution in [0.25, 0.3) is 0 Å². The average molecular weight is 228 g/mol. The number of halogens is 2. The molecule has 1 aromatic carbocycles. The molecule has 5 heteroatoms. The molecule has 0 aliphatic carbocycles. The second kappa shape index (κ2) is 5.95. The topological polar surface area (TPSA) is 43.4 Å². The van der Waals surface area contributed by atoms with Crippen LogP contribution in [0.4, 0.5) is 8.78 Å². The number of hydrogen-bond acceptors (Lipinski definition) is 3. The molecule has 86 valence electrons. The highest BCUT2D eigenvalue weighted by molar-refractivity contribution is 5.79. The van der Waals surface area contributed by atoms with Gasteiger partial charge in [-0.05, 0) is 24.1 Å². The molecule has 0 aliphatic rings. The molecule has 0 fully saturated rings. The highest BCUT2D eigenvalue weighted by atomic mass is 19.3. The standard InChI is InChI=1S/C11H10F2O3/c12-11(13)16-10-4-3-8(2-1-5-14)6-9(10)7-15/h3-7,11H,1-2H2. The zero-order valence-corrected chi connectivity index (χ0v) is 8.36. The SMILES string of the molecule is O=CCCc1ccc(OC(F)F)c(C=O)c1. The van der Waals surface area contributed by atoms with Crippen molar-refractivity contribution < 1.29 is 23.1 Å². The van der Waals surface area contributed by atoms with E-state index >= 15 is 0 Å². The van der Waals surface area contributed by atoms with Gasteiger partial charge >= 0.3 is 6.61 Å². The first-order valence-corrected chi connectivity index (χ1v) is 4.64. The summed E-state index contributed by atoms with van der Waals surface area (Å²) in [6, 6.07) is 4.29. The van der Waals surface area contributed by atoms with E-state index in [1.807, 2.05) is 0 Å². The van der Waals surface area contributed by atoms with Gasteiger partial charge in [-0.2, -0.15) is 8.78 Å². The molecule has 0 saturated heterocycles. The number of alkyl halides is 2. The fraction of sp³-hybridized carbons (Fsp3) is 0.273. The van der Waals surface area contributed by atoms with Gasteiger partial charge in [0.2, 0.25) is 0 Å². The Hall–Kier alpha value is -1.78. The fourth-order valence-corrected chi connectivity index (χ4v) is 1.27. The van der Waals surface area contributed by atoms with Crippen LogP contribution in [0.3, 0.4) is 0 Å². The Morgan fingerprint density at radius 1 is 1.31 bits per heavy atom. The highest BCUT2D eigenvalue weighted by Gasteiger charge is 2.09. The highest BCUT2D eigenvalue weighted by Crippen LogP contribution is 2.21. The van der Waals surface area contributed by atoms with Crippen LogP contribution >= 0.6 is 0 Å². The van der Waals surface area contributed by atoms with Gasteiger partial charge in [0, 0.05) is 6.42 Å². The van der Waals surface area contributed by atoms with Gasteiger partial charge in [-0.15, -0.1) is 0 Å². The molecule has 0 atom stereocenters. The molecule has 0 N–H and O–H groups in total. The Bertz CT molecular complexity index is 377. The minimum Gasteiger partial charge on any atom is -0.434 e. The summed E-state index contributed by atoms with van der Waals surface area (Å²) in [5, 5.41) is 0. The van der Waals surface area contributed by atoms with Crippen LogP contribution in [0.1, 0.15) is 22.3 Å². The van der Waals surface area contributed by atoms with Crippen molar-refractivity contribution in [2.24, 2.45) is 0 Å². The largest absolute Gasteiger partial charge is 0.434 e. The van der Waals surface area contributed by atoms with Gasteiger partial charge in [-0.3, -0.25) is 4.79 Å². The van der Waals surface area contributed by atoms with Crippen molar-refractivity contribution in [1.82, 2.24) is 0 Å². The lowest BCUT2D eigenvalue weighted by atomic mass is 10.1. The zero-order chi connectivity index (χ0) is 12.0. The molecule has 0 heterocycles. The number of benzene rings is 1. The van der Waals surface area contributed by atoms with Crippen LogP contribution in [0.15, 0.2) is 18.2 Å². The maximum absolute atomic E-state index is 12.0. The average Bonchev–Trinajstić information content (AvgIpc) is 2.27. The summed E-state index contributed by atoms with van der Waals surface area (Å²) in [5.41, 5.74) is 0.791. The quantitative estimate of drug-likeness (QED) is 0.701. The maximum atomic E-state index is 12.0. The third kappa shape index (κ3) is 3.42. The van der Waals surface area contributed by atoms with E-state index in [-0.39, 0.29) is 11.3 Å². The number of ether oxygens (including phenoxy) is 1. The van der Waals surface area contributed by atoms with E-state index in [4.69, 9.17) is 0 Å². The van der Waals surface area contributed by atoms with Crippen molar-refractivity contribution in [1.29, 1.82) is 0 Å². The predicted molar refractivity (Wildman–Crippen MR) is 52.8 cm³/mol. The molecule has 0 bridgehead atoms. The molecule has 0 amide bonds. The van der Waals surface area contributed by atoms with Crippen molar-refractivity contribution in [3.63, 3.8) is 0 Å². The smallest absolute Gasteiger partial charge is 0.387 e. The molecule has 0 saturated carbocycles. The lowest BCUT2D eigenvalue weighted by molar-refractivity contribution is -0.107. The van der Waals surface area contributed by atoms with Gasteiger partial charge < -0.3 is 9.53 Å². The molecule has 0 unspecified atom stereocenters. The first-order valence-electron chi connectivity index (χ1n) is 4.64. The zero-order valence-electron chi connectivity index (χ0n) is 8.36. The number of aldehydes is 2. The minimum absolute atomic E-state index is 0.0590. The Morgan fingerprint density at radius 2 is 2.06 bits per heavy atom. The summed E-state index contributed by atoms with van der Waals surface area (Å²) < 4.78 is 28.1. The normalized spacial score (nSPS) is 10.2. The van der Waals surface area contributed by atoms with Crippen LogP contribution in [0.2, 0.25) is 0 Å². The van der Waals surface area contributed by atoms with E-state index in [1.54, 1.807) is 6.07 Å². The summed E-state index contributed by atoms with van der Waals surface area (Å²) in [4.78, 5) is 20.8. The number of aryl methyl sites for hydroxylation is 1. The summed E-state index contributed by atoms with van der Waals surface area (Å²) in [6.45, 7) is -2.96. The third-order valence-electron chi connectivity index (χ3n) is 1.97. The molecule has 16 heavy (non-hydrogen) atoms. The summed E-state index contributed by atoms with van der Waals surface area (Å²) in [6.07, 6.45) is 2.00. The van der Waals surface area contributed by atoms with Crippen molar-refractivity contribution in [2.45, 2.75) is 19.5 Å². The van der Waals surface area contributed by atoms with Gasteiger partial charge in [-0.1, -0.05) is 6.07 Å². The summed E-state index contributed by atoms with van der Waals surface area (Å²) >= 11 is 0.